The van der Waals surface area contributed by atoms with Crippen LogP contribution in [0.15, 0.2) is 60.7 Å². The molecule has 156 valence electrons. The van der Waals surface area contributed by atoms with Crippen LogP contribution in [0.2, 0.25) is 0 Å². The third kappa shape index (κ3) is 6.58. The Balaban J connectivity index is 1.44. The zero-order valence-corrected chi connectivity index (χ0v) is 16.9. The second kappa shape index (κ2) is 11.0. The average Bonchev–Trinajstić information content (AvgIpc) is 3.07. The molecule has 30 heavy (non-hydrogen) atoms. The molecule has 6 heteroatoms. The van der Waals surface area contributed by atoms with Gasteiger partial charge in [-0.25, -0.2) is 4.79 Å². The predicted octanol–water partition coefficient (Wildman–Crippen LogP) is 3.58. The van der Waals surface area contributed by atoms with Crippen LogP contribution < -0.4 is 10.2 Å². The molecule has 2 amide bonds. The van der Waals surface area contributed by atoms with Crippen LogP contribution in [-0.4, -0.2) is 37.5 Å². The third-order valence-corrected chi connectivity index (χ3v) is 4.91. The standard InChI is InChI=1S/C24H26N2O4/c27-22(25-24(29)20-8-4-3-5-9-20)18-30-23(28)15-12-19-10-13-21(14-11-19)26-16-6-1-2-7-17-26/h3-5,8-15H,1-2,6-7,16-18H2,(H,25,27,29)/b15-12+. The van der Waals surface area contributed by atoms with E-state index in [-0.39, 0.29) is 0 Å². The summed E-state index contributed by atoms with van der Waals surface area (Å²) < 4.78 is 4.90. The van der Waals surface area contributed by atoms with Gasteiger partial charge in [-0.2, -0.15) is 0 Å². The summed E-state index contributed by atoms with van der Waals surface area (Å²) in [6, 6.07) is 16.4. The first kappa shape index (κ1) is 21.3. The number of nitrogens with zero attached hydrogens (tertiary/aromatic N) is 1. The summed E-state index contributed by atoms with van der Waals surface area (Å²) >= 11 is 0. The fourth-order valence-electron chi connectivity index (χ4n) is 3.30. The number of ether oxygens (including phenoxy) is 1. The number of carbonyl (C=O) groups is 3. The van der Waals surface area contributed by atoms with E-state index in [0.717, 1.165) is 18.7 Å². The third-order valence-electron chi connectivity index (χ3n) is 4.91. The van der Waals surface area contributed by atoms with Crippen molar-refractivity contribution >= 4 is 29.5 Å². The highest BCUT2D eigenvalue weighted by molar-refractivity contribution is 6.05. The topological polar surface area (TPSA) is 75.7 Å². The van der Waals surface area contributed by atoms with Crippen molar-refractivity contribution in [3.05, 3.63) is 71.8 Å². The molecule has 0 unspecified atom stereocenters. The van der Waals surface area contributed by atoms with Gasteiger partial charge in [0.05, 0.1) is 0 Å². The molecule has 0 aliphatic carbocycles. The number of hydrogen-bond donors (Lipinski definition) is 1. The normalized spacial score (nSPS) is 14.2. The minimum Gasteiger partial charge on any atom is -0.452 e. The number of imide groups is 1. The van der Waals surface area contributed by atoms with Gasteiger partial charge in [-0.15, -0.1) is 0 Å². The Labute approximate surface area is 176 Å². The Bertz CT molecular complexity index is 883. The highest BCUT2D eigenvalue weighted by atomic mass is 16.5. The molecule has 1 aliphatic heterocycles. The Morgan fingerprint density at radius 3 is 2.23 bits per heavy atom. The van der Waals surface area contributed by atoms with Gasteiger partial charge in [-0.3, -0.25) is 14.9 Å². The summed E-state index contributed by atoms with van der Waals surface area (Å²) in [4.78, 5) is 37.9. The van der Waals surface area contributed by atoms with Crippen molar-refractivity contribution in [1.82, 2.24) is 5.32 Å². The molecule has 1 saturated heterocycles. The molecule has 1 fully saturated rings. The Morgan fingerprint density at radius 1 is 0.900 bits per heavy atom. The van der Waals surface area contributed by atoms with Gasteiger partial charge in [0.2, 0.25) is 0 Å². The molecule has 3 rings (SSSR count). The number of esters is 1. The number of amides is 2. The number of benzene rings is 2. The lowest BCUT2D eigenvalue weighted by molar-refractivity contribution is -0.143. The van der Waals surface area contributed by atoms with Gasteiger partial charge < -0.3 is 9.64 Å². The average molecular weight is 406 g/mol. The van der Waals surface area contributed by atoms with Gasteiger partial charge in [-0.1, -0.05) is 43.2 Å². The maximum Gasteiger partial charge on any atom is 0.331 e. The van der Waals surface area contributed by atoms with Crippen molar-refractivity contribution in [3.8, 4) is 0 Å². The molecule has 0 spiro atoms. The van der Waals surface area contributed by atoms with Crippen molar-refractivity contribution in [3.63, 3.8) is 0 Å². The van der Waals surface area contributed by atoms with Gasteiger partial charge >= 0.3 is 5.97 Å². The highest BCUT2D eigenvalue weighted by Gasteiger charge is 2.12. The van der Waals surface area contributed by atoms with E-state index in [1.165, 1.54) is 37.4 Å². The van der Waals surface area contributed by atoms with Crippen LogP contribution >= 0.6 is 0 Å². The van der Waals surface area contributed by atoms with E-state index in [0.29, 0.717) is 5.56 Å². The molecular weight excluding hydrogens is 380 g/mol. The van der Waals surface area contributed by atoms with Crippen LogP contribution in [0.25, 0.3) is 6.08 Å². The molecule has 1 aliphatic rings. The van der Waals surface area contributed by atoms with Crippen LogP contribution in [0, 0.1) is 0 Å². The molecule has 0 aromatic heterocycles. The Morgan fingerprint density at radius 2 is 1.57 bits per heavy atom. The van der Waals surface area contributed by atoms with Crippen molar-refractivity contribution in [1.29, 1.82) is 0 Å². The van der Waals surface area contributed by atoms with E-state index >= 15 is 0 Å². The lowest BCUT2D eigenvalue weighted by atomic mass is 10.1. The van der Waals surface area contributed by atoms with E-state index in [4.69, 9.17) is 4.74 Å². The van der Waals surface area contributed by atoms with Crippen LogP contribution in [0.1, 0.15) is 41.6 Å². The van der Waals surface area contributed by atoms with E-state index in [9.17, 15) is 14.4 Å². The number of hydrogen-bond acceptors (Lipinski definition) is 5. The first-order chi connectivity index (χ1) is 14.6. The first-order valence-electron chi connectivity index (χ1n) is 10.2. The molecule has 1 heterocycles. The van der Waals surface area contributed by atoms with Crippen molar-refractivity contribution in [2.24, 2.45) is 0 Å². The van der Waals surface area contributed by atoms with Crippen molar-refractivity contribution in [2.75, 3.05) is 24.6 Å². The van der Waals surface area contributed by atoms with Crippen LogP contribution in [0.4, 0.5) is 5.69 Å². The van der Waals surface area contributed by atoms with Gasteiger partial charge in [0.15, 0.2) is 6.61 Å². The van der Waals surface area contributed by atoms with Crippen molar-refractivity contribution < 1.29 is 19.1 Å². The van der Waals surface area contributed by atoms with E-state index < -0.39 is 24.4 Å². The quantitative estimate of drug-likeness (QED) is 0.586. The molecule has 0 atom stereocenters. The smallest absolute Gasteiger partial charge is 0.331 e. The van der Waals surface area contributed by atoms with Gasteiger partial charge in [-0.05, 0) is 48.7 Å². The van der Waals surface area contributed by atoms with Crippen LogP contribution in [0.3, 0.4) is 0 Å². The summed E-state index contributed by atoms with van der Waals surface area (Å²) in [5.41, 5.74) is 2.42. The number of nitrogens with one attached hydrogen (secondary N) is 1. The Kier molecular flexibility index (Phi) is 7.78. The van der Waals surface area contributed by atoms with Crippen LogP contribution in [0.5, 0.6) is 0 Å². The van der Waals surface area contributed by atoms with Crippen LogP contribution in [-0.2, 0) is 14.3 Å². The predicted molar refractivity (Wildman–Crippen MR) is 116 cm³/mol. The SMILES string of the molecule is O=C(COC(=O)/C=C/c1ccc(N2CCCCCC2)cc1)NC(=O)c1ccccc1. The fourth-order valence-corrected chi connectivity index (χ4v) is 3.30. The number of anilines is 1. The van der Waals surface area contributed by atoms with Gasteiger partial charge in [0.25, 0.3) is 11.8 Å². The summed E-state index contributed by atoms with van der Waals surface area (Å²) in [5.74, 6) is -1.85. The molecule has 0 saturated carbocycles. The number of carbonyl (C=O) groups excluding carboxylic acids is 3. The lowest BCUT2D eigenvalue weighted by Crippen LogP contribution is -2.33. The summed E-state index contributed by atoms with van der Waals surface area (Å²) in [6.45, 7) is 1.64. The second-order valence-corrected chi connectivity index (χ2v) is 7.18. The van der Waals surface area contributed by atoms with E-state index in [1.807, 2.05) is 12.1 Å². The first-order valence-corrected chi connectivity index (χ1v) is 10.2. The highest BCUT2D eigenvalue weighted by Crippen LogP contribution is 2.20. The minimum atomic E-state index is -0.674. The van der Waals surface area contributed by atoms with E-state index in [1.54, 1.807) is 36.4 Å². The molecule has 6 nitrogen and oxygen atoms in total. The molecular formula is C24H26N2O4. The molecule has 0 radical (unpaired) electrons. The summed E-state index contributed by atoms with van der Waals surface area (Å²) in [5, 5.41) is 2.18. The second-order valence-electron chi connectivity index (χ2n) is 7.18. The summed E-state index contributed by atoms with van der Waals surface area (Å²) in [7, 11) is 0. The van der Waals surface area contributed by atoms with Gasteiger partial charge in [0, 0.05) is 30.4 Å². The summed E-state index contributed by atoms with van der Waals surface area (Å²) in [6.07, 6.45) is 7.93. The molecule has 2 aromatic carbocycles. The largest absolute Gasteiger partial charge is 0.452 e. The zero-order chi connectivity index (χ0) is 21.2. The molecule has 0 bridgehead atoms. The van der Waals surface area contributed by atoms with Gasteiger partial charge in [0.1, 0.15) is 0 Å². The maximum atomic E-state index is 11.9. The molecule has 2 aromatic rings. The fraction of sp³-hybridized carbons (Fsp3) is 0.292. The van der Waals surface area contributed by atoms with E-state index in [2.05, 4.69) is 22.3 Å². The molecule has 1 N–H and O–H groups in total. The number of rotatable bonds is 6. The monoisotopic (exact) mass is 406 g/mol. The Hall–Kier alpha value is -3.41. The minimum absolute atomic E-state index is 0.362. The zero-order valence-electron chi connectivity index (χ0n) is 16.9. The lowest BCUT2D eigenvalue weighted by Gasteiger charge is -2.22. The maximum absolute atomic E-state index is 11.9. The van der Waals surface area contributed by atoms with Crippen molar-refractivity contribution in [2.45, 2.75) is 25.7 Å².